The molecule has 0 bridgehead atoms. The molecule has 0 aliphatic carbocycles. The third-order valence-corrected chi connectivity index (χ3v) is 6.26. The second kappa shape index (κ2) is 8.86. The van der Waals surface area contributed by atoms with Crippen molar-refractivity contribution in [2.45, 2.75) is 24.7 Å². The smallest absolute Gasteiger partial charge is 0.255 e. The highest BCUT2D eigenvalue weighted by atomic mass is 35.5. The molecule has 2 aromatic rings. The van der Waals surface area contributed by atoms with Crippen molar-refractivity contribution in [3.63, 3.8) is 0 Å². The Balaban J connectivity index is 2.16. The summed E-state index contributed by atoms with van der Waals surface area (Å²) in [7, 11) is -2.01. The van der Waals surface area contributed by atoms with Crippen LogP contribution in [0, 0.1) is 0 Å². The van der Waals surface area contributed by atoms with Crippen molar-refractivity contribution in [1.29, 1.82) is 0 Å². The number of unbranched alkanes of at least 4 members (excludes halogenated alkanes) is 1. The lowest BCUT2D eigenvalue weighted by atomic mass is 10.2. The number of nitrogens with zero attached hydrogens (tertiary/aromatic N) is 1. The third kappa shape index (κ3) is 4.98. The van der Waals surface area contributed by atoms with Crippen molar-refractivity contribution in [2.24, 2.45) is 0 Å². The van der Waals surface area contributed by atoms with Crippen LogP contribution in [0.15, 0.2) is 47.4 Å². The maximum Gasteiger partial charge on any atom is 0.255 e. The van der Waals surface area contributed by atoms with Gasteiger partial charge in [0.25, 0.3) is 5.91 Å². The second-order valence-corrected chi connectivity index (χ2v) is 8.67. The molecule has 0 saturated carbocycles. The van der Waals surface area contributed by atoms with E-state index >= 15 is 0 Å². The lowest BCUT2D eigenvalue weighted by Crippen LogP contribution is -2.28. The predicted octanol–water partition coefficient (Wildman–Crippen LogP) is 4.67. The minimum absolute atomic E-state index is 0.147. The molecule has 0 spiro atoms. The van der Waals surface area contributed by atoms with E-state index in [2.05, 4.69) is 5.32 Å². The van der Waals surface area contributed by atoms with Crippen molar-refractivity contribution >= 4 is 44.8 Å². The van der Waals surface area contributed by atoms with E-state index in [1.807, 2.05) is 6.92 Å². The van der Waals surface area contributed by atoms with Crippen molar-refractivity contribution in [3.8, 4) is 0 Å². The molecule has 0 aliphatic rings. The number of nitrogens with one attached hydrogen (secondary N) is 1. The zero-order valence-corrected chi connectivity index (χ0v) is 16.8. The van der Waals surface area contributed by atoms with E-state index in [9.17, 15) is 13.2 Å². The number of carbonyl (C=O) groups excluding carboxylic acids is 1. The highest BCUT2D eigenvalue weighted by molar-refractivity contribution is 7.89. The highest BCUT2D eigenvalue weighted by Gasteiger charge is 2.20. The minimum Gasteiger partial charge on any atom is -0.321 e. The number of amides is 1. The zero-order valence-electron chi connectivity index (χ0n) is 14.5. The molecule has 1 N–H and O–H groups in total. The van der Waals surface area contributed by atoms with Gasteiger partial charge in [0.2, 0.25) is 10.0 Å². The van der Waals surface area contributed by atoms with Gasteiger partial charge < -0.3 is 5.32 Å². The Kier molecular flexibility index (Phi) is 7.06. The maximum absolute atomic E-state index is 12.5. The Bertz CT molecular complexity index is 884. The number of anilines is 1. The summed E-state index contributed by atoms with van der Waals surface area (Å²) in [6, 6.07) is 10.5. The molecule has 26 heavy (non-hydrogen) atoms. The molecule has 0 radical (unpaired) electrons. The first-order valence-corrected chi connectivity index (χ1v) is 10.3. The largest absolute Gasteiger partial charge is 0.321 e. The van der Waals surface area contributed by atoms with Gasteiger partial charge in [0.05, 0.1) is 15.6 Å². The van der Waals surface area contributed by atoms with Gasteiger partial charge in [-0.2, -0.15) is 0 Å². The van der Waals surface area contributed by atoms with Gasteiger partial charge in [-0.3, -0.25) is 4.79 Å². The summed E-state index contributed by atoms with van der Waals surface area (Å²) < 4.78 is 26.3. The van der Waals surface area contributed by atoms with Gasteiger partial charge in [-0.1, -0.05) is 36.5 Å². The summed E-state index contributed by atoms with van der Waals surface area (Å²) in [6.07, 6.45) is 1.70. The van der Waals surface area contributed by atoms with Crippen LogP contribution in [0.2, 0.25) is 10.0 Å². The molecule has 1 amide bonds. The summed E-state index contributed by atoms with van der Waals surface area (Å²) in [6.45, 7) is 2.45. The topological polar surface area (TPSA) is 66.5 Å². The molecule has 2 rings (SSSR count). The zero-order chi connectivity index (χ0) is 19.3. The van der Waals surface area contributed by atoms with E-state index in [0.717, 1.165) is 12.8 Å². The van der Waals surface area contributed by atoms with Crippen molar-refractivity contribution in [3.05, 3.63) is 58.1 Å². The quantitative estimate of drug-likeness (QED) is 0.715. The van der Waals surface area contributed by atoms with E-state index in [1.54, 1.807) is 25.2 Å². The van der Waals surface area contributed by atoms with Crippen LogP contribution in [0.25, 0.3) is 0 Å². The van der Waals surface area contributed by atoms with Crippen LogP contribution in [0.3, 0.4) is 0 Å². The Morgan fingerprint density at radius 3 is 2.38 bits per heavy atom. The Labute approximate surface area is 164 Å². The predicted molar refractivity (Wildman–Crippen MR) is 106 cm³/mol. The van der Waals surface area contributed by atoms with Gasteiger partial charge in [0.15, 0.2) is 0 Å². The summed E-state index contributed by atoms with van der Waals surface area (Å²) in [5, 5.41) is 3.47. The van der Waals surface area contributed by atoms with Crippen LogP contribution >= 0.6 is 23.2 Å². The number of rotatable bonds is 7. The molecule has 0 saturated heterocycles. The summed E-state index contributed by atoms with van der Waals surface area (Å²) in [5.41, 5.74) is 0.705. The van der Waals surface area contributed by atoms with Gasteiger partial charge in [-0.25, -0.2) is 12.7 Å². The lowest BCUT2D eigenvalue weighted by Gasteiger charge is -2.17. The van der Waals surface area contributed by atoms with Crippen LogP contribution in [-0.4, -0.2) is 32.2 Å². The van der Waals surface area contributed by atoms with Gasteiger partial charge in [0.1, 0.15) is 0 Å². The summed E-state index contributed by atoms with van der Waals surface area (Å²) in [5.74, 6) is -0.405. The normalized spacial score (nSPS) is 11.6. The lowest BCUT2D eigenvalue weighted by molar-refractivity contribution is 0.102. The first kappa shape index (κ1) is 20.7. The molecule has 5 nitrogen and oxygen atoms in total. The Morgan fingerprint density at radius 1 is 1.12 bits per heavy atom. The summed E-state index contributed by atoms with van der Waals surface area (Å²) >= 11 is 11.9. The number of sulfonamides is 1. The van der Waals surface area contributed by atoms with E-state index < -0.39 is 15.9 Å². The van der Waals surface area contributed by atoms with Gasteiger partial charge in [-0.15, -0.1) is 0 Å². The third-order valence-electron chi connectivity index (χ3n) is 3.83. The number of benzene rings is 2. The molecule has 2 aromatic carbocycles. The Morgan fingerprint density at radius 2 is 1.77 bits per heavy atom. The monoisotopic (exact) mass is 414 g/mol. The number of carbonyl (C=O) groups is 1. The average molecular weight is 415 g/mol. The molecule has 0 heterocycles. The van der Waals surface area contributed by atoms with Crippen LogP contribution < -0.4 is 5.32 Å². The molecule has 0 aromatic heterocycles. The van der Waals surface area contributed by atoms with Crippen LogP contribution in [0.4, 0.5) is 5.69 Å². The van der Waals surface area contributed by atoms with E-state index in [0.29, 0.717) is 27.8 Å². The number of hydrogen-bond donors (Lipinski definition) is 1. The fourth-order valence-electron chi connectivity index (χ4n) is 2.25. The van der Waals surface area contributed by atoms with Gasteiger partial charge >= 0.3 is 0 Å². The fraction of sp³-hybridized carbons (Fsp3) is 0.278. The highest BCUT2D eigenvalue weighted by Crippen LogP contribution is 2.26. The summed E-state index contributed by atoms with van der Waals surface area (Å²) in [4.78, 5) is 12.5. The van der Waals surface area contributed by atoms with Crippen LogP contribution in [-0.2, 0) is 10.0 Å². The molecule has 0 atom stereocenters. The minimum atomic E-state index is -3.56. The van der Waals surface area contributed by atoms with Gasteiger partial charge in [0, 0.05) is 24.2 Å². The number of hydrogen-bond acceptors (Lipinski definition) is 3. The fourth-order valence-corrected chi connectivity index (χ4v) is 3.79. The molecule has 0 aliphatic heterocycles. The number of halogens is 2. The molecule has 8 heteroatoms. The van der Waals surface area contributed by atoms with Crippen molar-refractivity contribution in [1.82, 2.24) is 4.31 Å². The van der Waals surface area contributed by atoms with Crippen molar-refractivity contribution in [2.75, 3.05) is 18.9 Å². The van der Waals surface area contributed by atoms with E-state index in [1.165, 1.54) is 28.6 Å². The van der Waals surface area contributed by atoms with Gasteiger partial charge in [-0.05, 0) is 48.9 Å². The first-order valence-electron chi connectivity index (χ1n) is 8.08. The SMILES string of the molecule is CCCCN(C)S(=O)(=O)c1ccc(C(=O)Nc2cc(Cl)ccc2Cl)cc1. The van der Waals surface area contributed by atoms with Crippen LogP contribution in [0.5, 0.6) is 0 Å². The molecular weight excluding hydrogens is 395 g/mol. The molecule has 0 unspecified atom stereocenters. The van der Waals surface area contributed by atoms with Crippen molar-refractivity contribution < 1.29 is 13.2 Å². The first-order chi connectivity index (χ1) is 12.3. The molecule has 140 valence electrons. The average Bonchev–Trinajstić information content (AvgIpc) is 2.62. The molecule has 0 fully saturated rings. The van der Waals surface area contributed by atoms with E-state index in [4.69, 9.17) is 23.2 Å². The van der Waals surface area contributed by atoms with Crippen LogP contribution in [0.1, 0.15) is 30.1 Å². The molecular formula is C18H20Cl2N2O3S. The second-order valence-electron chi connectivity index (χ2n) is 5.78. The Hall–Kier alpha value is -1.60. The maximum atomic E-state index is 12.5. The van der Waals surface area contributed by atoms with E-state index in [-0.39, 0.29) is 4.90 Å². The standard InChI is InChI=1S/C18H20Cl2N2O3S/c1-3-4-11-22(2)26(24,25)15-8-5-13(6-9-15)18(23)21-17-12-14(19)7-10-16(17)20/h5-10,12H,3-4,11H2,1-2H3,(H,21,23).